The first-order chi connectivity index (χ1) is 12.9. The summed E-state index contributed by atoms with van der Waals surface area (Å²) in [5.74, 6) is -1.74. The summed E-state index contributed by atoms with van der Waals surface area (Å²) in [4.78, 5) is 37.7. The lowest BCUT2D eigenvalue weighted by Crippen LogP contribution is -2.54. The second-order valence-electron chi connectivity index (χ2n) is 7.06. The molecule has 2 aliphatic heterocycles. The van der Waals surface area contributed by atoms with E-state index in [1.54, 1.807) is 24.3 Å². The van der Waals surface area contributed by atoms with Gasteiger partial charge in [0.15, 0.2) is 0 Å². The fraction of sp³-hybridized carbons (Fsp3) is 0.471. The first kappa shape index (κ1) is 18.1. The Labute approximate surface area is 156 Å². The summed E-state index contributed by atoms with van der Waals surface area (Å²) in [6.07, 6.45) is 2.59. The molecule has 10 heteroatoms. The number of nitrogens with zero attached hydrogens (tertiary/aromatic N) is 1. The van der Waals surface area contributed by atoms with Gasteiger partial charge in [-0.15, -0.1) is 0 Å². The molecule has 3 amide bonds. The summed E-state index contributed by atoms with van der Waals surface area (Å²) in [6.45, 7) is -0.438. The maximum atomic E-state index is 12.3. The lowest BCUT2D eigenvalue weighted by molar-refractivity contribution is -0.122. The number of hydrogen-bond acceptors (Lipinski definition) is 6. The normalized spacial score (nSPS) is 28.7. The van der Waals surface area contributed by atoms with Crippen molar-refractivity contribution in [3.63, 3.8) is 0 Å². The summed E-state index contributed by atoms with van der Waals surface area (Å²) in [5, 5.41) is -0.447. The zero-order chi connectivity index (χ0) is 19.2. The number of sulfonamides is 1. The molecule has 2 heterocycles. The third kappa shape index (κ3) is 3.13. The third-order valence-corrected chi connectivity index (χ3v) is 7.38. The molecule has 3 aliphatic rings. The van der Waals surface area contributed by atoms with Crippen molar-refractivity contribution in [2.24, 2.45) is 5.92 Å². The van der Waals surface area contributed by atoms with Gasteiger partial charge >= 0.3 is 0 Å². The number of fused-ring (bicyclic) bond motifs is 2. The van der Waals surface area contributed by atoms with Gasteiger partial charge in [0.2, 0.25) is 10.0 Å². The second kappa shape index (κ2) is 6.70. The average molecular weight is 392 g/mol. The molecule has 1 saturated carbocycles. The molecule has 1 aromatic rings. The van der Waals surface area contributed by atoms with Crippen LogP contribution in [0.25, 0.3) is 0 Å². The van der Waals surface area contributed by atoms with Crippen molar-refractivity contribution in [2.45, 2.75) is 37.1 Å². The number of imide groups is 1. The quantitative estimate of drug-likeness (QED) is 0.478. The molecular weight excluding hydrogens is 372 g/mol. The molecule has 3 atom stereocenters. The van der Waals surface area contributed by atoms with E-state index in [0.29, 0.717) is 6.42 Å². The van der Waals surface area contributed by atoms with Crippen molar-refractivity contribution in [2.75, 3.05) is 6.54 Å². The summed E-state index contributed by atoms with van der Waals surface area (Å²) in [6, 6.07) is 6.40. The lowest BCUT2D eigenvalue weighted by atomic mass is 9.87. The van der Waals surface area contributed by atoms with Crippen LogP contribution >= 0.6 is 0 Å². The zero-order valence-electron chi connectivity index (χ0n) is 14.5. The van der Waals surface area contributed by atoms with E-state index in [-0.39, 0.29) is 17.0 Å². The lowest BCUT2D eigenvalue weighted by Gasteiger charge is -2.26. The van der Waals surface area contributed by atoms with E-state index in [1.165, 1.54) is 0 Å². The molecule has 144 valence electrons. The molecule has 0 spiro atoms. The van der Waals surface area contributed by atoms with Crippen LogP contribution in [0.15, 0.2) is 24.3 Å². The van der Waals surface area contributed by atoms with Gasteiger partial charge in [-0.3, -0.25) is 24.7 Å². The van der Waals surface area contributed by atoms with Crippen molar-refractivity contribution in [1.29, 1.82) is 0 Å². The van der Waals surface area contributed by atoms with Crippen molar-refractivity contribution >= 4 is 27.7 Å². The van der Waals surface area contributed by atoms with Gasteiger partial charge in [0, 0.05) is 5.92 Å². The van der Waals surface area contributed by atoms with Crippen LogP contribution in [0.1, 0.15) is 46.4 Å². The summed E-state index contributed by atoms with van der Waals surface area (Å²) >= 11 is 0. The molecular formula is C17H20N4O5S. The Kier molecular flexibility index (Phi) is 4.49. The molecule has 9 nitrogen and oxygen atoms in total. The fourth-order valence-corrected chi connectivity index (χ4v) is 6.10. The molecule has 3 N–H and O–H groups in total. The van der Waals surface area contributed by atoms with Crippen molar-refractivity contribution in [1.82, 2.24) is 20.5 Å². The predicted molar refractivity (Wildman–Crippen MR) is 94.7 cm³/mol. The van der Waals surface area contributed by atoms with E-state index >= 15 is 0 Å². The van der Waals surface area contributed by atoms with Crippen LogP contribution in [0, 0.1) is 5.92 Å². The Hall–Kier alpha value is -2.30. The Morgan fingerprint density at radius 2 is 1.74 bits per heavy atom. The van der Waals surface area contributed by atoms with Gasteiger partial charge in [-0.1, -0.05) is 25.0 Å². The van der Waals surface area contributed by atoms with Crippen molar-refractivity contribution in [3.05, 3.63) is 35.4 Å². The van der Waals surface area contributed by atoms with E-state index < -0.39 is 45.7 Å². The molecule has 0 aromatic heterocycles. The molecule has 1 aliphatic carbocycles. The maximum Gasteiger partial charge on any atom is 0.262 e. The fourth-order valence-electron chi connectivity index (χ4n) is 4.10. The number of carbonyl (C=O) groups excluding carboxylic acids is 3. The SMILES string of the molecule is O=C(CN1C(=O)c2ccccc2C1=O)NNC1NS(=O)(=O)C2CCCCC12. The minimum atomic E-state index is -3.40. The molecule has 0 bridgehead atoms. The van der Waals surface area contributed by atoms with E-state index in [2.05, 4.69) is 15.6 Å². The average Bonchev–Trinajstić information content (AvgIpc) is 3.06. The van der Waals surface area contributed by atoms with E-state index in [1.807, 2.05) is 0 Å². The Morgan fingerprint density at radius 3 is 2.41 bits per heavy atom. The number of nitrogens with one attached hydrogen (secondary N) is 3. The van der Waals surface area contributed by atoms with Crippen LogP contribution in [-0.2, 0) is 14.8 Å². The number of carbonyl (C=O) groups is 3. The van der Waals surface area contributed by atoms with Crippen LogP contribution in [0.5, 0.6) is 0 Å². The summed E-state index contributed by atoms with van der Waals surface area (Å²) in [7, 11) is -3.40. The summed E-state index contributed by atoms with van der Waals surface area (Å²) < 4.78 is 26.9. The van der Waals surface area contributed by atoms with Gasteiger partial charge < -0.3 is 0 Å². The molecule has 0 radical (unpaired) electrons. The first-order valence-electron chi connectivity index (χ1n) is 8.89. The monoisotopic (exact) mass is 392 g/mol. The smallest absolute Gasteiger partial charge is 0.262 e. The Morgan fingerprint density at radius 1 is 1.11 bits per heavy atom. The van der Waals surface area contributed by atoms with Crippen LogP contribution in [-0.4, -0.2) is 49.0 Å². The highest BCUT2D eigenvalue weighted by Crippen LogP contribution is 2.35. The van der Waals surface area contributed by atoms with E-state index in [0.717, 1.165) is 24.2 Å². The molecule has 27 heavy (non-hydrogen) atoms. The Bertz CT molecular complexity index is 881. The van der Waals surface area contributed by atoms with Gasteiger partial charge in [0.25, 0.3) is 17.7 Å². The Balaban J connectivity index is 1.37. The van der Waals surface area contributed by atoms with Gasteiger partial charge in [-0.25, -0.2) is 13.8 Å². The molecule has 1 saturated heterocycles. The number of benzene rings is 1. The summed E-state index contributed by atoms with van der Waals surface area (Å²) in [5.41, 5.74) is 5.70. The highest BCUT2D eigenvalue weighted by Gasteiger charge is 2.47. The highest BCUT2D eigenvalue weighted by molar-refractivity contribution is 7.90. The van der Waals surface area contributed by atoms with Gasteiger partial charge in [0.05, 0.1) is 22.5 Å². The highest BCUT2D eigenvalue weighted by atomic mass is 32.2. The molecule has 1 aromatic carbocycles. The van der Waals surface area contributed by atoms with Gasteiger partial charge in [0.1, 0.15) is 6.54 Å². The van der Waals surface area contributed by atoms with Crippen LogP contribution in [0.3, 0.4) is 0 Å². The second-order valence-corrected chi connectivity index (χ2v) is 8.99. The topological polar surface area (TPSA) is 125 Å². The third-order valence-electron chi connectivity index (χ3n) is 5.42. The number of amides is 3. The van der Waals surface area contributed by atoms with E-state index in [9.17, 15) is 22.8 Å². The van der Waals surface area contributed by atoms with Gasteiger partial charge in [-0.2, -0.15) is 4.72 Å². The maximum absolute atomic E-state index is 12.3. The minimum absolute atomic E-state index is 0.122. The number of hydrogen-bond donors (Lipinski definition) is 3. The standard InChI is InChI=1S/C17H20N4O5S/c22-14(9-21-16(23)10-5-1-2-6-11(10)17(21)24)18-19-15-12-7-3-4-8-13(12)27(25,26)20-15/h1-2,5-6,12-13,15,19-20H,3-4,7-9H2,(H,18,22). The molecule has 4 rings (SSSR count). The minimum Gasteiger partial charge on any atom is -0.288 e. The van der Waals surface area contributed by atoms with Crippen LogP contribution < -0.4 is 15.6 Å². The van der Waals surface area contributed by atoms with Crippen molar-refractivity contribution < 1.29 is 22.8 Å². The number of rotatable bonds is 4. The molecule has 2 fully saturated rings. The van der Waals surface area contributed by atoms with Gasteiger partial charge in [-0.05, 0) is 25.0 Å². The predicted octanol–water partition coefficient (Wildman–Crippen LogP) is -0.279. The molecule has 3 unspecified atom stereocenters. The first-order valence-corrected chi connectivity index (χ1v) is 10.4. The van der Waals surface area contributed by atoms with Crippen LogP contribution in [0.2, 0.25) is 0 Å². The largest absolute Gasteiger partial charge is 0.288 e. The van der Waals surface area contributed by atoms with Crippen LogP contribution in [0.4, 0.5) is 0 Å². The van der Waals surface area contributed by atoms with Crippen molar-refractivity contribution in [3.8, 4) is 0 Å². The zero-order valence-corrected chi connectivity index (χ0v) is 15.3. The van der Waals surface area contributed by atoms with E-state index in [4.69, 9.17) is 0 Å². The number of hydrazine groups is 1.